The van der Waals surface area contributed by atoms with Crippen molar-refractivity contribution >= 4 is 6.03 Å². The molecule has 0 bridgehead atoms. The average molecular weight is 701 g/mol. The minimum absolute atomic E-state index is 0. The Balaban J connectivity index is -0.0000000139. The molecular formula is C9H15N2OY6-3. The van der Waals surface area contributed by atoms with Crippen LogP contribution in [0.1, 0.15) is 6.92 Å². The Bertz CT molecular complexity index is 172. The third-order valence-electron chi connectivity index (χ3n) is 0.972. The molecule has 0 aliphatic carbocycles. The fourth-order valence-corrected chi connectivity index (χ4v) is 0.156. The van der Waals surface area contributed by atoms with Crippen LogP contribution in [0.15, 0.2) is 17.7 Å². The van der Waals surface area contributed by atoms with E-state index >= 15 is 0 Å². The molecule has 0 aliphatic heterocycles. The van der Waals surface area contributed by atoms with E-state index in [0.717, 1.165) is 5.57 Å². The minimum atomic E-state index is -0.269. The molecule has 9 heteroatoms. The van der Waals surface area contributed by atoms with Crippen LogP contribution in [0.4, 0.5) is 4.79 Å². The number of allylic oxidation sites excluding steroid dienone is 3. The first-order valence-electron chi connectivity index (χ1n) is 3.38. The van der Waals surface area contributed by atoms with Gasteiger partial charge in [0.2, 0.25) is 0 Å². The smallest absolute Gasteiger partial charge is 0.284 e. The van der Waals surface area contributed by atoms with Crippen LogP contribution in [0.25, 0.3) is 0 Å². The molecule has 0 atom stereocenters. The van der Waals surface area contributed by atoms with Crippen molar-refractivity contribution in [3.05, 3.63) is 38.3 Å². The molecular weight excluding hydrogens is 686 g/mol. The third-order valence-corrected chi connectivity index (χ3v) is 0.972. The van der Waals surface area contributed by atoms with Crippen molar-refractivity contribution in [2.24, 2.45) is 0 Å². The Morgan fingerprint density at radius 1 is 1.11 bits per heavy atom. The summed E-state index contributed by atoms with van der Waals surface area (Å²) >= 11 is 0. The average Bonchev–Trinajstić information content (AvgIpc) is 2.16. The van der Waals surface area contributed by atoms with Crippen LogP contribution >= 0.6 is 0 Å². The standard InChI is InChI=1S/C6H8.C3H7N2O.6Y/c1-4-6(3)5-2;1-4-3(6)5-2;;;;;;/h1,4-5H,2H2,3H3;1H2,2H3,(H2,4,5,6);;;;;;/q-2;-1;;;;;;. The number of hydrogen-bond acceptors (Lipinski definition) is 1. The quantitative estimate of drug-likeness (QED) is 0.316. The van der Waals surface area contributed by atoms with Gasteiger partial charge in [-0.25, -0.2) is 24.6 Å². The Morgan fingerprint density at radius 3 is 1.44 bits per heavy atom. The molecule has 0 saturated heterocycles. The Kier molecular flexibility index (Phi) is 119. The Hall–Kier alpha value is 5.24. The van der Waals surface area contributed by atoms with Gasteiger partial charge in [-0.2, -0.15) is 0 Å². The molecule has 0 heterocycles. The van der Waals surface area contributed by atoms with E-state index in [4.69, 9.17) is 6.58 Å². The van der Waals surface area contributed by atoms with Crippen molar-refractivity contribution in [1.29, 1.82) is 0 Å². The van der Waals surface area contributed by atoms with Crippen molar-refractivity contribution in [1.82, 2.24) is 10.6 Å². The van der Waals surface area contributed by atoms with Crippen molar-refractivity contribution in [2.75, 3.05) is 7.05 Å². The van der Waals surface area contributed by atoms with E-state index in [1.165, 1.54) is 13.1 Å². The summed E-state index contributed by atoms with van der Waals surface area (Å²) in [6, 6.07) is -0.269. The minimum Gasteiger partial charge on any atom is -0.490 e. The molecule has 0 aromatic rings. The Morgan fingerprint density at radius 2 is 1.44 bits per heavy atom. The molecule has 6 radical (unpaired) electrons. The van der Waals surface area contributed by atoms with E-state index in [1.54, 1.807) is 6.08 Å². The summed E-state index contributed by atoms with van der Waals surface area (Å²) in [5.74, 6) is 0. The van der Waals surface area contributed by atoms with E-state index in [0.29, 0.717) is 0 Å². The molecule has 2 N–H and O–H groups in total. The van der Waals surface area contributed by atoms with Crippen LogP contribution < -0.4 is 10.6 Å². The van der Waals surface area contributed by atoms with Gasteiger partial charge in [-0.15, -0.1) is 6.92 Å². The molecule has 0 aromatic heterocycles. The second-order valence-corrected chi connectivity index (χ2v) is 1.87. The van der Waals surface area contributed by atoms with Crippen molar-refractivity contribution < 1.29 is 201 Å². The molecule has 0 rings (SSSR count). The van der Waals surface area contributed by atoms with Gasteiger partial charge >= 0.3 is 0 Å². The topological polar surface area (TPSA) is 41.1 Å². The van der Waals surface area contributed by atoms with E-state index in [9.17, 15) is 4.79 Å². The molecule has 0 aliphatic rings. The van der Waals surface area contributed by atoms with Gasteiger partial charge in [-0.1, -0.05) is 0 Å². The summed E-state index contributed by atoms with van der Waals surface area (Å²) in [6.45, 7) is 10.4. The van der Waals surface area contributed by atoms with E-state index in [1.807, 2.05) is 6.92 Å². The van der Waals surface area contributed by atoms with Crippen molar-refractivity contribution in [2.45, 2.75) is 6.92 Å². The summed E-state index contributed by atoms with van der Waals surface area (Å²) in [4.78, 5) is 9.90. The molecule has 3 nitrogen and oxygen atoms in total. The van der Waals surface area contributed by atoms with Crippen LogP contribution in [-0.4, -0.2) is 13.1 Å². The first-order chi connectivity index (χ1) is 5.62. The van der Waals surface area contributed by atoms with Crippen LogP contribution in [0, 0.1) is 20.6 Å². The second-order valence-electron chi connectivity index (χ2n) is 1.87. The van der Waals surface area contributed by atoms with Gasteiger partial charge in [0, 0.05) is 203 Å². The molecule has 0 saturated carbocycles. The maximum Gasteiger partial charge on any atom is 0.284 e. The number of hydrogen-bond donors (Lipinski definition) is 2. The summed E-state index contributed by atoms with van der Waals surface area (Å²) < 4.78 is 0. The second kappa shape index (κ2) is 43.2. The van der Waals surface area contributed by atoms with Gasteiger partial charge in [0.05, 0.1) is 0 Å². The number of rotatable bonds is 1. The predicted octanol–water partition coefficient (Wildman–Crippen LogP) is 1.45. The molecule has 0 fully saturated rings. The monoisotopic (exact) mass is 701 g/mol. The number of carbonyl (C=O) groups excluding carboxylic acids is 1. The zero-order chi connectivity index (χ0) is 9.98. The normalized spacial score (nSPS) is 6.06. The van der Waals surface area contributed by atoms with Crippen LogP contribution in [0.2, 0.25) is 0 Å². The molecule has 0 aromatic carbocycles. The molecule has 88 valence electrons. The molecule has 0 unspecified atom stereocenters. The van der Waals surface area contributed by atoms with Crippen LogP contribution in [0.3, 0.4) is 0 Å². The first-order valence-corrected chi connectivity index (χ1v) is 3.38. The maximum absolute atomic E-state index is 9.90. The first kappa shape index (κ1) is 49.5. The van der Waals surface area contributed by atoms with Crippen molar-refractivity contribution in [3.8, 4) is 0 Å². The van der Waals surface area contributed by atoms with Gasteiger partial charge < -0.3 is 10.6 Å². The third kappa shape index (κ3) is 49.6. The zero-order valence-corrected chi connectivity index (χ0v) is 28.0. The van der Waals surface area contributed by atoms with Gasteiger partial charge in [0.15, 0.2) is 0 Å². The molecule has 0 spiro atoms. The van der Waals surface area contributed by atoms with E-state index in [2.05, 4.69) is 24.6 Å². The Labute approximate surface area is 263 Å². The maximum atomic E-state index is 9.90. The number of nitrogens with one attached hydrogen (secondary N) is 2. The largest absolute Gasteiger partial charge is 0.490 e. The summed E-state index contributed by atoms with van der Waals surface area (Å²) in [5, 5.41) is 4.42. The van der Waals surface area contributed by atoms with Gasteiger partial charge in [0.1, 0.15) is 0 Å². The summed E-state index contributed by atoms with van der Waals surface area (Å²) in [6.07, 6.45) is 3.23. The predicted molar refractivity (Wildman–Crippen MR) is 50.9 cm³/mol. The SMILES string of the molecule is [CH-]=CC(C)=C[CH2-].[CH2-]NC(=O)NC.[Y].[Y].[Y].[Y].[Y].[Y]. The van der Waals surface area contributed by atoms with Gasteiger partial charge in [-0.3, -0.25) is 18.4 Å². The number of carbonyl (C=O) groups is 1. The zero-order valence-electron chi connectivity index (χ0n) is 11.0. The van der Waals surface area contributed by atoms with Gasteiger partial charge in [0.25, 0.3) is 6.03 Å². The number of amides is 2. The van der Waals surface area contributed by atoms with E-state index < -0.39 is 0 Å². The fourth-order valence-electron chi connectivity index (χ4n) is 0.156. The van der Waals surface area contributed by atoms with Gasteiger partial charge in [-0.05, 0) is 0 Å². The van der Waals surface area contributed by atoms with Crippen LogP contribution in [0.5, 0.6) is 0 Å². The van der Waals surface area contributed by atoms with Crippen LogP contribution in [-0.2, 0) is 196 Å². The summed E-state index contributed by atoms with van der Waals surface area (Å²) in [7, 11) is 4.62. The van der Waals surface area contributed by atoms with Crippen molar-refractivity contribution in [3.63, 3.8) is 0 Å². The fraction of sp³-hybridized carbons (Fsp3) is 0.222. The number of urea groups is 1. The molecule has 18 heavy (non-hydrogen) atoms. The molecule has 2 amide bonds. The summed E-state index contributed by atoms with van der Waals surface area (Å²) in [5.41, 5.74) is 1.01. The van der Waals surface area contributed by atoms with E-state index in [-0.39, 0.29) is 202 Å².